The Labute approximate surface area is 212 Å². The van der Waals surface area contributed by atoms with Gasteiger partial charge >= 0.3 is 6.09 Å². The Morgan fingerprint density at radius 3 is 1.97 bits per heavy atom. The van der Waals surface area contributed by atoms with E-state index in [0.29, 0.717) is 13.1 Å². The van der Waals surface area contributed by atoms with Crippen molar-refractivity contribution in [3.63, 3.8) is 0 Å². The third kappa shape index (κ3) is 5.84. The smallest absolute Gasteiger partial charge is 0.410 e. The standard InChI is InChI=1S/C32H30N2O2/c35-32(36-25-28-16-8-3-9-17-28)33(22-26-12-4-1-5-13-26)21-20-29-24-34(23-27-14-6-2-7-15-27)31-19-11-10-18-30(29)31/h1-19,24H,20-23,25H2. The molecule has 4 aromatic carbocycles. The number of nitrogens with zero attached hydrogens (tertiary/aromatic N) is 2. The first kappa shape index (κ1) is 23.4. The number of hydrogen-bond donors (Lipinski definition) is 0. The van der Waals surface area contributed by atoms with Crippen LogP contribution in [0.2, 0.25) is 0 Å². The van der Waals surface area contributed by atoms with Gasteiger partial charge in [-0.05, 0) is 34.7 Å². The van der Waals surface area contributed by atoms with Gasteiger partial charge in [0.05, 0.1) is 0 Å². The number of benzene rings is 4. The van der Waals surface area contributed by atoms with Gasteiger partial charge in [0.25, 0.3) is 0 Å². The van der Waals surface area contributed by atoms with E-state index >= 15 is 0 Å². The Bertz CT molecular complexity index is 1400. The molecule has 0 spiro atoms. The van der Waals surface area contributed by atoms with E-state index in [2.05, 4.69) is 59.3 Å². The lowest BCUT2D eigenvalue weighted by atomic mass is 10.1. The van der Waals surface area contributed by atoms with Crippen molar-refractivity contribution in [1.82, 2.24) is 9.47 Å². The molecule has 0 aliphatic carbocycles. The van der Waals surface area contributed by atoms with Gasteiger partial charge in [-0.25, -0.2) is 4.79 Å². The van der Waals surface area contributed by atoms with Crippen LogP contribution in [0.25, 0.3) is 10.9 Å². The summed E-state index contributed by atoms with van der Waals surface area (Å²) in [5.74, 6) is 0. The minimum absolute atomic E-state index is 0.265. The number of rotatable bonds is 9. The summed E-state index contributed by atoms with van der Waals surface area (Å²) in [5.41, 5.74) is 5.77. The third-order valence-electron chi connectivity index (χ3n) is 6.40. The lowest BCUT2D eigenvalue weighted by molar-refractivity contribution is 0.0941. The molecule has 0 radical (unpaired) electrons. The number of fused-ring (bicyclic) bond motifs is 1. The van der Waals surface area contributed by atoms with E-state index < -0.39 is 0 Å². The summed E-state index contributed by atoms with van der Waals surface area (Å²) < 4.78 is 8.01. The molecule has 1 heterocycles. The van der Waals surface area contributed by atoms with Gasteiger partial charge in [-0.15, -0.1) is 0 Å². The molecule has 0 aliphatic rings. The molecule has 0 fully saturated rings. The largest absolute Gasteiger partial charge is 0.445 e. The van der Waals surface area contributed by atoms with Crippen molar-refractivity contribution >= 4 is 17.0 Å². The molecule has 36 heavy (non-hydrogen) atoms. The molecular weight excluding hydrogens is 444 g/mol. The van der Waals surface area contributed by atoms with E-state index in [1.807, 2.05) is 71.6 Å². The number of aromatic nitrogens is 1. The molecule has 0 saturated heterocycles. The van der Waals surface area contributed by atoms with Crippen LogP contribution < -0.4 is 0 Å². The third-order valence-corrected chi connectivity index (χ3v) is 6.40. The molecule has 5 rings (SSSR count). The second-order valence-electron chi connectivity index (χ2n) is 8.98. The van der Waals surface area contributed by atoms with Crippen LogP contribution in [0.4, 0.5) is 4.79 Å². The summed E-state index contributed by atoms with van der Waals surface area (Å²) in [6.45, 7) is 2.16. The molecular formula is C32H30N2O2. The maximum absolute atomic E-state index is 13.2. The van der Waals surface area contributed by atoms with E-state index in [1.165, 1.54) is 22.0 Å². The fourth-order valence-corrected chi connectivity index (χ4v) is 4.54. The van der Waals surface area contributed by atoms with E-state index in [-0.39, 0.29) is 12.7 Å². The molecule has 0 saturated carbocycles. The highest BCUT2D eigenvalue weighted by Gasteiger charge is 2.17. The first-order valence-corrected chi connectivity index (χ1v) is 12.4. The number of ether oxygens (including phenoxy) is 1. The summed E-state index contributed by atoms with van der Waals surface area (Å²) in [6, 6.07) is 38.9. The number of carbonyl (C=O) groups excluding carboxylic acids is 1. The van der Waals surface area contributed by atoms with Gasteiger partial charge < -0.3 is 14.2 Å². The van der Waals surface area contributed by atoms with Crippen LogP contribution in [0.15, 0.2) is 121 Å². The molecule has 0 aliphatic heterocycles. The van der Waals surface area contributed by atoms with E-state index in [0.717, 1.165) is 24.1 Å². The highest BCUT2D eigenvalue weighted by atomic mass is 16.6. The van der Waals surface area contributed by atoms with Crippen molar-refractivity contribution < 1.29 is 9.53 Å². The van der Waals surface area contributed by atoms with Gasteiger partial charge in [-0.3, -0.25) is 0 Å². The SMILES string of the molecule is O=C(OCc1ccccc1)N(CCc1cn(Cc2ccccc2)c2ccccc12)Cc1ccccc1. The number of hydrogen-bond acceptors (Lipinski definition) is 2. The average Bonchev–Trinajstić information content (AvgIpc) is 3.28. The van der Waals surface area contributed by atoms with Crippen LogP contribution in [0.5, 0.6) is 0 Å². The van der Waals surface area contributed by atoms with Crippen molar-refractivity contribution in [2.24, 2.45) is 0 Å². The van der Waals surface area contributed by atoms with Crippen molar-refractivity contribution in [2.45, 2.75) is 26.1 Å². The van der Waals surface area contributed by atoms with Crippen LogP contribution in [0.3, 0.4) is 0 Å². The molecule has 0 unspecified atom stereocenters. The molecule has 4 heteroatoms. The van der Waals surface area contributed by atoms with Crippen molar-refractivity contribution in [3.05, 3.63) is 144 Å². The zero-order chi connectivity index (χ0) is 24.6. The Kier molecular flexibility index (Phi) is 7.43. The Morgan fingerprint density at radius 2 is 1.28 bits per heavy atom. The molecule has 1 aromatic heterocycles. The predicted molar refractivity (Wildman–Crippen MR) is 145 cm³/mol. The average molecular weight is 475 g/mol. The second kappa shape index (κ2) is 11.4. The number of amides is 1. The summed E-state index contributed by atoms with van der Waals surface area (Å²) in [6.07, 6.45) is 2.68. The summed E-state index contributed by atoms with van der Waals surface area (Å²) in [7, 11) is 0. The topological polar surface area (TPSA) is 34.5 Å². The van der Waals surface area contributed by atoms with E-state index in [1.54, 1.807) is 0 Å². The van der Waals surface area contributed by atoms with Crippen molar-refractivity contribution in [2.75, 3.05) is 6.54 Å². The van der Waals surface area contributed by atoms with Crippen LogP contribution in [0, 0.1) is 0 Å². The fraction of sp³-hybridized carbons (Fsp3) is 0.156. The first-order chi connectivity index (χ1) is 17.8. The Hall–Kier alpha value is -4.31. The maximum Gasteiger partial charge on any atom is 0.410 e. The number of para-hydroxylation sites is 1. The van der Waals surface area contributed by atoms with Crippen LogP contribution in [-0.2, 0) is 30.9 Å². The Morgan fingerprint density at radius 1 is 0.694 bits per heavy atom. The van der Waals surface area contributed by atoms with Crippen LogP contribution >= 0.6 is 0 Å². The molecule has 4 nitrogen and oxygen atoms in total. The number of carbonyl (C=O) groups is 1. The highest BCUT2D eigenvalue weighted by molar-refractivity contribution is 5.84. The first-order valence-electron chi connectivity index (χ1n) is 12.4. The minimum Gasteiger partial charge on any atom is -0.445 e. The van der Waals surface area contributed by atoms with Crippen LogP contribution in [0.1, 0.15) is 22.3 Å². The summed E-state index contributed by atoms with van der Waals surface area (Å²) >= 11 is 0. The molecule has 0 atom stereocenters. The van der Waals surface area contributed by atoms with E-state index in [4.69, 9.17) is 4.74 Å². The normalized spacial score (nSPS) is 10.9. The van der Waals surface area contributed by atoms with Crippen LogP contribution in [-0.4, -0.2) is 22.1 Å². The molecule has 5 aromatic rings. The second-order valence-corrected chi connectivity index (χ2v) is 8.98. The quantitative estimate of drug-likeness (QED) is 0.229. The highest BCUT2D eigenvalue weighted by Crippen LogP contribution is 2.23. The lowest BCUT2D eigenvalue weighted by Crippen LogP contribution is -2.33. The summed E-state index contributed by atoms with van der Waals surface area (Å²) in [4.78, 5) is 15.0. The van der Waals surface area contributed by atoms with Gasteiger partial charge in [0.15, 0.2) is 0 Å². The van der Waals surface area contributed by atoms with Gasteiger partial charge in [0, 0.05) is 36.7 Å². The fourth-order valence-electron chi connectivity index (χ4n) is 4.54. The zero-order valence-corrected chi connectivity index (χ0v) is 20.3. The molecule has 1 amide bonds. The van der Waals surface area contributed by atoms with Gasteiger partial charge in [0.1, 0.15) is 6.61 Å². The van der Waals surface area contributed by atoms with Gasteiger partial charge in [-0.2, -0.15) is 0 Å². The maximum atomic E-state index is 13.2. The zero-order valence-electron chi connectivity index (χ0n) is 20.3. The van der Waals surface area contributed by atoms with Gasteiger partial charge in [-0.1, -0.05) is 109 Å². The van der Waals surface area contributed by atoms with E-state index in [9.17, 15) is 4.79 Å². The molecule has 180 valence electrons. The van der Waals surface area contributed by atoms with Crippen molar-refractivity contribution in [3.8, 4) is 0 Å². The van der Waals surface area contributed by atoms with Crippen molar-refractivity contribution in [1.29, 1.82) is 0 Å². The predicted octanol–water partition coefficient (Wildman–Crippen LogP) is 7.07. The minimum atomic E-state index is -0.296. The molecule has 0 N–H and O–H groups in total. The molecule has 0 bridgehead atoms. The Balaban J connectivity index is 1.34. The lowest BCUT2D eigenvalue weighted by Gasteiger charge is -2.22. The van der Waals surface area contributed by atoms with Gasteiger partial charge in [0.2, 0.25) is 0 Å². The summed E-state index contributed by atoms with van der Waals surface area (Å²) in [5, 5.41) is 1.23. The monoisotopic (exact) mass is 474 g/mol.